The Morgan fingerprint density at radius 1 is 1.37 bits per heavy atom. The number of rotatable bonds is 10. The van der Waals surface area contributed by atoms with E-state index >= 15 is 0 Å². The molecule has 0 spiro atoms. The van der Waals surface area contributed by atoms with Gasteiger partial charge in [-0.1, -0.05) is 13.8 Å². The number of aryl methyl sites for hydroxylation is 2. The van der Waals surface area contributed by atoms with Gasteiger partial charge in [0.25, 0.3) is 0 Å². The summed E-state index contributed by atoms with van der Waals surface area (Å²) in [6.07, 6.45) is 8.74. The van der Waals surface area contributed by atoms with E-state index in [1.165, 1.54) is 5.56 Å². The van der Waals surface area contributed by atoms with E-state index in [-0.39, 0.29) is 0 Å². The SMILES string of the molecule is CCCNC(CCc1cnn(C)c1)C(CC)OCC. The van der Waals surface area contributed by atoms with Gasteiger partial charge in [0, 0.05) is 25.9 Å². The van der Waals surface area contributed by atoms with Crippen LogP contribution < -0.4 is 5.32 Å². The van der Waals surface area contributed by atoms with Gasteiger partial charge in [-0.15, -0.1) is 0 Å². The Morgan fingerprint density at radius 3 is 2.68 bits per heavy atom. The highest BCUT2D eigenvalue weighted by atomic mass is 16.5. The van der Waals surface area contributed by atoms with Crippen molar-refractivity contribution in [3.05, 3.63) is 18.0 Å². The van der Waals surface area contributed by atoms with Crippen LogP contribution in [0.2, 0.25) is 0 Å². The molecule has 1 heterocycles. The molecule has 1 N–H and O–H groups in total. The summed E-state index contributed by atoms with van der Waals surface area (Å²) >= 11 is 0. The van der Waals surface area contributed by atoms with Gasteiger partial charge in [-0.05, 0) is 44.7 Å². The first-order valence-electron chi connectivity index (χ1n) is 7.53. The summed E-state index contributed by atoms with van der Waals surface area (Å²) in [5.74, 6) is 0. The molecule has 0 aliphatic rings. The summed E-state index contributed by atoms with van der Waals surface area (Å²) in [5, 5.41) is 7.85. The van der Waals surface area contributed by atoms with Crippen LogP contribution in [0.4, 0.5) is 0 Å². The van der Waals surface area contributed by atoms with Crippen molar-refractivity contribution in [1.82, 2.24) is 15.1 Å². The number of nitrogens with one attached hydrogen (secondary N) is 1. The molecule has 2 atom stereocenters. The predicted octanol–water partition coefficient (Wildman–Crippen LogP) is 2.54. The summed E-state index contributed by atoms with van der Waals surface area (Å²) < 4.78 is 7.73. The van der Waals surface area contributed by atoms with Crippen LogP contribution in [-0.2, 0) is 18.2 Å². The lowest BCUT2D eigenvalue weighted by molar-refractivity contribution is 0.0298. The Balaban J connectivity index is 2.52. The fourth-order valence-electron chi connectivity index (χ4n) is 2.40. The van der Waals surface area contributed by atoms with Gasteiger partial charge in [0.05, 0.1) is 12.3 Å². The lowest BCUT2D eigenvalue weighted by atomic mass is 10.0. The molecular formula is C15H29N3O. The fourth-order valence-corrected chi connectivity index (χ4v) is 2.40. The third kappa shape index (κ3) is 5.74. The minimum absolute atomic E-state index is 0.313. The van der Waals surface area contributed by atoms with Crippen LogP contribution >= 0.6 is 0 Å². The van der Waals surface area contributed by atoms with Gasteiger partial charge in [0.15, 0.2) is 0 Å². The first-order chi connectivity index (χ1) is 9.21. The zero-order chi connectivity index (χ0) is 14.1. The van der Waals surface area contributed by atoms with Crippen LogP contribution in [0.15, 0.2) is 12.4 Å². The zero-order valence-corrected chi connectivity index (χ0v) is 12.9. The van der Waals surface area contributed by atoms with Crippen molar-refractivity contribution in [1.29, 1.82) is 0 Å². The topological polar surface area (TPSA) is 39.1 Å². The maximum atomic E-state index is 5.86. The molecule has 19 heavy (non-hydrogen) atoms. The largest absolute Gasteiger partial charge is 0.377 e. The normalized spacial score (nSPS) is 14.5. The van der Waals surface area contributed by atoms with Crippen molar-refractivity contribution in [3.8, 4) is 0 Å². The van der Waals surface area contributed by atoms with E-state index in [0.717, 1.165) is 38.8 Å². The van der Waals surface area contributed by atoms with Crippen molar-refractivity contribution in [3.63, 3.8) is 0 Å². The second kappa shape index (κ2) is 9.10. The average Bonchev–Trinajstić information content (AvgIpc) is 2.82. The van der Waals surface area contributed by atoms with E-state index in [0.29, 0.717) is 12.1 Å². The van der Waals surface area contributed by atoms with Gasteiger partial charge in [0.2, 0.25) is 0 Å². The summed E-state index contributed by atoms with van der Waals surface area (Å²) in [6, 6.07) is 0.435. The molecule has 2 unspecified atom stereocenters. The van der Waals surface area contributed by atoms with E-state index in [1.807, 2.05) is 17.9 Å². The summed E-state index contributed by atoms with van der Waals surface area (Å²) in [5.41, 5.74) is 1.30. The maximum absolute atomic E-state index is 5.86. The molecule has 1 aromatic rings. The van der Waals surface area contributed by atoms with Crippen molar-refractivity contribution in [2.24, 2.45) is 7.05 Å². The van der Waals surface area contributed by atoms with Crippen LogP contribution in [0, 0.1) is 0 Å². The third-order valence-electron chi connectivity index (χ3n) is 3.39. The van der Waals surface area contributed by atoms with Gasteiger partial charge >= 0.3 is 0 Å². The quantitative estimate of drug-likeness (QED) is 0.708. The second-order valence-electron chi connectivity index (χ2n) is 5.02. The Morgan fingerprint density at radius 2 is 2.16 bits per heavy atom. The van der Waals surface area contributed by atoms with Crippen LogP contribution in [0.3, 0.4) is 0 Å². The van der Waals surface area contributed by atoms with Crippen LogP contribution in [0.1, 0.15) is 45.6 Å². The molecule has 0 saturated heterocycles. The van der Waals surface area contributed by atoms with E-state index in [9.17, 15) is 0 Å². The van der Waals surface area contributed by atoms with Crippen molar-refractivity contribution in [2.45, 2.75) is 58.6 Å². The first-order valence-corrected chi connectivity index (χ1v) is 7.53. The third-order valence-corrected chi connectivity index (χ3v) is 3.39. The summed E-state index contributed by atoms with van der Waals surface area (Å²) in [7, 11) is 1.96. The van der Waals surface area contributed by atoms with Gasteiger partial charge < -0.3 is 10.1 Å². The molecule has 1 rings (SSSR count). The molecule has 0 aromatic carbocycles. The van der Waals surface area contributed by atoms with Crippen LogP contribution in [0.25, 0.3) is 0 Å². The fraction of sp³-hybridized carbons (Fsp3) is 0.800. The second-order valence-corrected chi connectivity index (χ2v) is 5.02. The standard InChI is InChI=1S/C15H29N3O/c1-5-10-16-14(15(6-2)19-7-3)9-8-13-11-17-18(4)12-13/h11-12,14-16H,5-10H2,1-4H3. The van der Waals surface area contributed by atoms with E-state index in [2.05, 4.69) is 37.4 Å². The number of aromatic nitrogens is 2. The van der Waals surface area contributed by atoms with E-state index in [4.69, 9.17) is 4.74 Å². The lowest BCUT2D eigenvalue weighted by Gasteiger charge is -2.27. The Kier molecular flexibility index (Phi) is 7.75. The Hall–Kier alpha value is -0.870. The van der Waals surface area contributed by atoms with E-state index in [1.54, 1.807) is 0 Å². The maximum Gasteiger partial charge on any atom is 0.0725 e. The number of hydrogen-bond acceptors (Lipinski definition) is 3. The molecule has 0 radical (unpaired) electrons. The van der Waals surface area contributed by atoms with Gasteiger partial charge in [-0.25, -0.2) is 0 Å². The minimum atomic E-state index is 0.313. The van der Waals surface area contributed by atoms with Crippen LogP contribution in [0.5, 0.6) is 0 Å². The molecule has 0 saturated carbocycles. The molecular weight excluding hydrogens is 238 g/mol. The Labute approximate surface area is 117 Å². The molecule has 0 bridgehead atoms. The monoisotopic (exact) mass is 267 g/mol. The highest BCUT2D eigenvalue weighted by molar-refractivity contribution is 5.04. The molecule has 4 heteroatoms. The van der Waals surface area contributed by atoms with Gasteiger partial charge in [0.1, 0.15) is 0 Å². The predicted molar refractivity (Wildman–Crippen MR) is 79.3 cm³/mol. The number of nitrogens with zero attached hydrogens (tertiary/aromatic N) is 2. The number of ether oxygens (including phenoxy) is 1. The molecule has 0 amide bonds. The van der Waals surface area contributed by atoms with Gasteiger partial charge in [-0.3, -0.25) is 4.68 Å². The molecule has 1 aromatic heterocycles. The molecule has 0 aliphatic heterocycles. The van der Waals surface area contributed by atoms with Crippen molar-refractivity contribution in [2.75, 3.05) is 13.2 Å². The molecule has 110 valence electrons. The smallest absolute Gasteiger partial charge is 0.0725 e. The first kappa shape index (κ1) is 16.2. The summed E-state index contributed by atoms with van der Waals surface area (Å²) in [4.78, 5) is 0. The average molecular weight is 267 g/mol. The van der Waals surface area contributed by atoms with Crippen molar-refractivity contribution >= 4 is 0 Å². The zero-order valence-electron chi connectivity index (χ0n) is 12.9. The van der Waals surface area contributed by atoms with Crippen LogP contribution in [-0.4, -0.2) is 35.1 Å². The molecule has 0 fully saturated rings. The van der Waals surface area contributed by atoms with Crippen molar-refractivity contribution < 1.29 is 4.74 Å². The number of hydrogen-bond donors (Lipinski definition) is 1. The minimum Gasteiger partial charge on any atom is -0.377 e. The molecule has 0 aliphatic carbocycles. The Bertz CT molecular complexity index is 338. The highest BCUT2D eigenvalue weighted by Gasteiger charge is 2.19. The molecule has 4 nitrogen and oxygen atoms in total. The lowest BCUT2D eigenvalue weighted by Crippen LogP contribution is -2.42. The van der Waals surface area contributed by atoms with Gasteiger partial charge in [-0.2, -0.15) is 5.10 Å². The highest BCUT2D eigenvalue weighted by Crippen LogP contribution is 2.12. The van der Waals surface area contributed by atoms with E-state index < -0.39 is 0 Å². The summed E-state index contributed by atoms with van der Waals surface area (Å²) in [6.45, 7) is 8.31.